The highest BCUT2D eigenvalue weighted by Gasteiger charge is 2.27. The summed E-state index contributed by atoms with van der Waals surface area (Å²) in [7, 11) is 1.10. The minimum absolute atomic E-state index is 0.0479. The summed E-state index contributed by atoms with van der Waals surface area (Å²) in [5.41, 5.74) is 0. The Morgan fingerprint density at radius 1 is 0.500 bits per heavy atom. The normalized spacial score (nSPS) is 14.7. The number of nitrogens with zero attached hydrogens (tertiary/aromatic N) is 1. The zero-order valence-electron chi connectivity index (χ0n) is 46.6. The standard InChI is InChI=1S/C62H105N2O7P/c1-7-10-13-16-19-22-25-28-30-32-34-36-39-42-45-48-51-54-61(65)63-59(58-70-72(67,68)69-57-56-64(4,5)6)60(53-50-47-44-41-38-27-24-21-18-15-12-9-3)71-62(66)55-52-49-46-43-40-37-35-33-31-29-26-23-20-17-14-11-8-2/h10,13,19-20,22-23,28-31,34-37,42-43,45-46,50,53,59-60H,7-9,11-12,14-18,21,24-27,32-33,38-41,44,47-49,51-52,54-58H2,1-6H3,(H-,63,65,67,68)/b13-10-,22-19-,23-20-,30-28-,31-29-,36-34-,37-35-,45-42-,46-43-,53-50+. The van der Waals surface area contributed by atoms with E-state index >= 15 is 0 Å². The van der Waals surface area contributed by atoms with Gasteiger partial charge in [0.1, 0.15) is 19.3 Å². The first-order chi connectivity index (χ1) is 34.9. The predicted molar refractivity (Wildman–Crippen MR) is 307 cm³/mol. The number of amides is 1. The molecule has 0 fully saturated rings. The van der Waals surface area contributed by atoms with Crippen LogP contribution in [0.3, 0.4) is 0 Å². The molecule has 0 aliphatic carbocycles. The molecule has 0 heterocycles. The Morgan fingerprint density at radius 3 is 1.36 bits per heavy atom. The molecule has 0 spiro atoms. The average molecular weight is 1020 g/mol. The maximum Gasteiger partial charge on any atom is 0.306 e. The third-order valence-electron chi connectivity index (χ3n) is 11.6. The van der Waals surface area contributed by atoms with Crippen molar-refractivity contribution in [3.8, 4) is 0 Å². The van der Waals surface area contributed by atoms with E-state index in [-0.39, 0.29) is 25.4 Å². The van der Waals surface area contributed by atoms with Gasteiger partial charge in [0.05, 0.1) is 33.8 Å². The molecular formula is C62H105N2O7P. The lowest BCUT2D eigenvalue weighted by Gasteiger charge is -2.30. The van der Waals surface area contributed by atoms with Crippen molar-refractivity contribution in [2.45, 2.75) is 219 Å². The number of allylic oxidation sites excluding steroid dienone is 19. The van der Waals surface area contributed by atoms with E-state index < -0.39 is 32.5 Å². The molecule has 0 aromatic heterocycles. The summed E-state index contributed by atoms with van der Waals surface area (Å²) in [5, 5.41) is 2.96. The molecule has 0 aliphatic heterocycles. The van der Waals surface area contributed by atoms with E-state index in [0.29, 0.717) is 30.3 Å². The van der Waals surface area contributed by atoms with Gasteiger partial charge < -0.3 is 28.5 Å². The fourth-order valence-electron chi connectivity index (χ4n) is 7.25. The van der Waals surface area contributed by atoms with Crippen molar-refractivity contribution in [1.82, 2.24) is 5.32 Å². The molecule has 1 amide bonds. The zero-order chi connectivity index (χ0) is 52.9. The van der Waals surface area contributed by atoms with Crippen LogP contribution in [0.25, 0.3) is 0 Å². The number of hydrogen-bond acceptors (Lipinski definition) is 7. The van der Waals surface area contributed by atoms with Crippen LogP contribution in [0.15, 0.2) is 122 Å². The van der Waals surface area contributed by atoms with Gasteiger partial charge in [-0.05, 0) is 109 Å². The van der Waals surface area contributed by atoms with Crippen LogP contribution in [-0.4, -0.2) is 69.4 Å². The number of phosphoric ester groups is 1. The van der Waals surface area contributed by atoms with Crippen molar-refractivity contribution in [3.05, 3.63) is 122 Å². The number of carbonyl (C=O) groups excluding carboxylic acids is 2. The van der Waals surface area contributed by atoms with E-state index in [2.05, 4.69) is 135 Å². The number of hydrogen-bond donors (Lipinski definition) is 1. The lowest BCUT2D eigenvalue weighted by atomic mass is 10.1. The minimum atomic E-state index is -4.73. The van der Waals surface area contributed by atoms with E-state index in [4.69, 9.17) is 13.8 Å². The van der Waals surface area contributed by atoms with Crippen LogP contribution in [0.4, 0.5) is 0 Å². The van der Waals surface area contributed by atoms with E-state index in [1.165, 1.54) is 77.0 Å². The molecule has 0 aromatic rings. The number of phosphoric acid groups is 1. The van der Waals surface area contributed by atoms with Gasteiger partial charge >= 0.3 is 5.97 Å². The number of ether oxygens (including phenoxy) is 1. The largest absolute Gasteiger partial charge is 0.756 e. The molecule has 0 saturated heterocycles. The van der Waals surface area contributed by atoms with Gasteiger partial charge in [0.15, 0.2) is 0 Å². The minimum Gasteiger partial charge on any atom is -0.756 e. The van der Waals surface area contributed by atoms with Crippen molar-refractivity contribution in [3.63, 3.8) is 0 Å². The average Bonchev–Trinajstić information content (AvgIpc) is 3.34. The highest BCUT2D eigenvalue weighted by molar-refractivity contribution is 7.45. The van der Waals surface area contributed by atoms with Crippen LogP contribution in [0.5, 0.6) is 0 Å². The Balaban J connectivity index is 5.56. The lowest BCUT2D eigenvalue weighted by Crippen LogP contribution is -2.47. The van der Waals surface area contributed by atoms with E-state index in [9.17, 15) is 19.0 Å². The summed E-state index contributed by atoms with van der Waals surface area (Å²) in [6, 6.07) is -0.947. The second-order valence-electron chi connectivity index (χ2n) is 19.7. The monoisotopic (exact) mass is 1020 g/mol. The van der Waals surface area contributed by atoms with Gasteiger partial charge in [-0.3, -0.25) is 14.2 Å². The molecule has 410 valence electrons. The second kappa shape index (κ2) is 50.9. The second-order valence-corrected chi connectivity index (χ2v) is 21.1. The van der Waals surface area contributed by atoms with Gasteiger partial charge in [0.25, 0.3) is 7.82 Å². The Morgan fingerprint density at radius 2 is 0.889 bits per heavy atom. The molecular weight excluding hydrogens is 916 g/mol. The molecule has 3 atom stereocenters. The Bertz CT molecular complexity index is 1650. The molecule has 72 heavy (non-hydrogen) atoms. The van der Waals surface area contributed by atoms with Crippen molar-refractivity contribution in [2.24, 2.45) is 0 Å². The number of quaternary nitrogens is 1. The van der Waals surface area contributed by atoms with Crippen molar-refractivity contribution < 1.29 is 37.3 Å². The summed E-state index contributed by atoms with van der Waals surface area (Å²) >= 11 is 0. The molecule has 0 saturated carbocycles. The van der Waals surface area contributed by atoms with Crippen LogP contribution in [-0.2, 0) is 27.9 Å². The fourth-order valence-corrected chi connectivity index (χ4v) is 7.98. The summed E-state index contributed by atoms with van der Waals surface area (Å²) in [4.78, 5) is 39.8. The number of unbranched alkanes of at least 4 members (excludes halogenated alkanes) is 15. The summed E-state index contributed by atoms with van der Waals surface area (Å²) in [6.07, 6.45) is 70.4. The fraction of sp³-hybridized carbons (Fsp3) is 0.645. The van der Waals surface area contributed by atoms with Crippen LogP contribution in [0.1, 0.15) is 207 Å². The third kappa shape index (κ3) is 51.3. The molecule has 0 rings (SSSR count). The smallest absolute Gasteiger partial charge is 0.306 e. The molecule has 0 radical (unpaired) electrons. The topological polar surface area (TPSA) is 114 Å². The lowest BCUT2D eigenvalue weighted by molar-refractivity contribution is -0.870. The molecule has 1 N–H and O–H groups in total. The van der Waals surface area contributed by atoms with Gasteiger partial charge in [-0.15, -0.1) is 0 Å². The first kappa shape index (κ1) is 68.4. The molecule has 9 nitrogen and oxygen atoms in total. The first-order valence-corrected chi connectivity index (χ1v) is 29.8. The van der Waals surface area contributed by atoms with Crippen LogP contribution < -0.4 is 10.2 Å². The number of nitrogens with one attached hydrogen (secondary N) is 1. The number of esters is 1. The highest BCUT2D eigenvalue weighted by Crippen LogP contribution is 2.38. The predicted octanol–water partition coefficient (Wildman–Crippen LogP) is 16.5. The maximum absolute atomic E-state index is 13.5. The quantitative estimate of drug-likeness (QED) is 0.0212. The molecule has 0 aliphatic rings. The Kier molecular flexibility index (Phi) is 48.4. The van der Waals surface area contributed by atoms with Gasteiger partial charge in [-0.1, -0.05) is 207 Å². The Labute approximate surface area is 442 Å². The van der Waals surface area contributed by atoms with Crippen LogP contribution in [0, 0.1) is 0 Å². The zero-order valence-corrected chi connectivity index (χ0v) is 47.5. The number of likely N-dealkylation sites (N-methyl/N-ethyl adjacent to an activating group) is 1. The molecule has 0 bridgehead atoms. The molecule has 3 unspecified atom stereocenters. The van der Waals surface area contributed by atoms with Crippen LogP contribution in [0.2, 0.25) is 0 Å². The number of rotatable bonds is 49. The first-order valence-electron chi connectivity index (χ1n) is 28.3. The SMILES string of the molecule is CC/C=C\C/C=C\C/C=C\C/C=C\C/C=C\CCCC(=O)NC(COP(=O)([O-])OCC[N+](C)(C)C)C(/C=C/CCCCCCCCCCCC)OC(=O)CCC/C=C\C/C=C\C/C=C\C/C=C\CCCCC. The van der Waals surface area contributed by atoms with E-state index in [1.54, 1.807) is 6.08 Å². The van der Waals surface area contributed by atoms with Crippen molar-refractivity contribution in [1.29, 1.82) is 0 Å². The third-order valence-corrected chi connectivity index (χ3v) is 12.6. The van der Waals surface area contributed by atoms with Crippen molar-refractivity contribution in [2.75, 3.05) is 40.9 Å². The summed E-state index contributed by atoms with van der Waals surface area (Å²) in [6.45, 7) is 6.58. The summed E-state index contributed by atoms with van der Waals surface area (Å²) < 4.78 is 30.1. The van der Waals surface area contributed by atoms with Crippen LogP contribution >= 0.6 is 7.82 Å². The van der Waals surface area contributed by atoms with Crippen molar-refractivity contribution >= 4 is 19.7 Å². The van der Waals surface area contributed by atoms with E-state index in [0.717, 1.165) is 77.0 Å². The Hall–Kier alpha value is -3.59. The molecule has 0 aromatic carbocycles. The van der Waals surface area contributed by atoms with Gasteiger partial charge in [0.2, 0.25) is 5.91 Å². The highest BCUT2D eigenvalue weighted by atomic mass is 31.2. The van der Waals surface area contributed by atoms with Gasteiger partial charge in [-0.2, -0.15) is 0 Å². The maximum atomic E-state index is 13.5. The molecule has 10 heteroatoms. The number of carbonyl (C=O) groups is 2. The van der Waals surface area contributed by atoms with Gasteiger partial charge in [0, 0.05) is 12.8 Å². The van der Waals surface area contributed by atoms with Gasteiger partial charge in [-0.25, -0.2) is 0 Å². The summed E-state index contributed by atoms with van der Waals surface area (Å²) in [5.74, 6) is -0.686. The van der Waals surface area contributed by atoms with E-state index in [1.807, 2.05) is 27.2 Å².